The van der Waals surface area contributed by atoms with Crippen molar-refractivity contribution in [3.63, 3.8) is 0 Å². The molecule has 0 radical (unpaired) electrons. The number of rotatable bonds is 3. The summed E-state index contributed by atoms with van der Waals surface area (Å²) in [6.45, 7) is 0. The molecule has 1 aromatic heterocycles. The third-order valence-electron chi connectivity index (χ3n) is 3.05. The Balaban J connectivity index is 2.08. The number of non-ortho nitro benzene ring substituents is 1. The van der Waals surface area contributed by atoms with Crippen LogP contribution in [0.25, 0.3) is 22.4 Å². The number of methoxy groups -OCH3 is 1. The second-order valence-electron chi connectivity index (χ2n) is 4.25. The Morgan fingerprint density at radius 3 is 2.60 bits per heavy atom. The van der Waals surface area contributed by atoms with Crippen LogP contribution in [-0.4, -0.2) is 22.0 Å². The summed E-state index contributed by atoms with van der Waals surface area (Å²) in [6.07, 6.45) is 0. The van der Waals surface area contributed by atoms with Gasteiger partial charge in [-0.05, 0) is 24.3 Å². The van der Waals surface area contributed by atoms with Crippen LogP contribution in [0.15, 0.2) is 42.5 Å². The highest BCUT2D eigenvalue weighted by atomic mass is 16.6. The number of nitrogens with zero attached hydrogens (tertiary/aromatic N) is 2. The fourth-order valence-corrected chi connectivity index (χ4v) is 2.05. The molecule has 0 fully saturated rings. The van der Waals surface area contributed by atoms with Crippen LogP contribution in [0.1, 0.15) is 0 Å². The second-order valence-corrected chi connectivity index (χ2v) is 4.25. The van der Waals surface area contributed by atoms with Gasteiger partial charge in [-0.3, -0.25) is 10.1 Å². The molecule has 6 heteroatoms. The number of imidazole rings is 1. The van der Waals surface area contributed by atoms with Crippen molar-refractivity contribution in [2.45, 2.75) is 0 Å². The average Bonchev–Trinajstić information content (AvgIpc) is 2.91. The molecule has 3 rings (SSSR count). The van der Waals surface area contributed by atoms with Crippen LogP contribution in [0.2, 0.25) is 0 Å². The molecule has 1 N–H and O–H groups in total. The molecular formula is C14H11N3O3. The predicted molar refractivity (Wildman–Crippen MR) is 74.7 cm³/mol. The molecule has 0 aliphatic rings. The number of aromatic nitrogens is 2. The van der Waals surface area contributed by atoms with Crippen LogP contribution in [0.5, 0.6) is 5.75 Å². The van der Waals surface area contributed by atoms with Crippen molar-refractivity contribution >= 4 is 16.7 Å². The van der Waals surface area contributed by atoms with E-state index in [0.717, 1.165) is 16.6 Å². The van der Waals surface area contributed by atoms with E-state index >= 15 is 0 Å². The Hall–Kier alpha value is -2.89. The van der Waals surface area contributed by atoms with Gasteiger partial charge in [-0.2, -0.15) is 0 Å². The number of H-pyrrole nitrogens is 1. The van der Waals surface area contributed by atoms with Crippen LogP contribution in [0.4, 0.5) is 5.69 Å². The van der Waals surface area contributed by atoms with E-state index in [1.165, 1.54) is 12.1 Å². The molecule has 0 saturated heterocycles. The molecule has 3 aromatic rings. The number of hydrogen-bond acceptors (Lipinski definition) is 4. The minimum Gasteiger partial charge on any atom is -0.494 e. The summed E-state index contributed by atoms with van der Waals surface area (Å²) in [5.74, 6) is 1.34. The van der Waals surface area contributed by atoms with Gasteiger partial charge < -0.3 is 9.72 Å². The van der Waals surface area contributed by atoms with Crippen molar-refractivity contribution in [3.8, 4) is 17.1 Å². The number of nitro benzene ring substituents is 1. The SMILES string of the molecule is COc1cccc2[nH]c(-c3ccc([N+](=O)[O-])cc3)nc12. The molecule has 0 spiro atoms. The molecule has 2 aromatic carbocycles. The molecule has 0 aliphatic carbocycles. The first-order valence-electron chi connectivity index (χ1n) is 5.96. The summed E-state index contributed by atoms with van der Waals surface area (Å²) < 4.78 is 5.26. The molecule has 0 bridgehead atoms. The number of benzene rings is 2. The average molecular weight is 269 g/mol. The zero-order valence-electron chi connectivity index (χ0n) is 10.7. The van der Waals surface area contributed by atoms with Gasteiger partial charge in [0.15, 0.2) is 0 Å². The van der Waals surface area contributed by atoms with Gasteiger partial charge in [0.2, 0.25) is 0 Å². The highest BCUT2D eigenvalue weighted by Crippen LogP contribution is 2.27. The molecule has 6 nitrogen and oxygen atoms in total. The summed E-state index contributed by atoms with van der Waals surface area (Å²) in [5, 5.41) is 10.6. The van der Waals surface area contributed by atoms with Gasteiger partial charge in [0.05, 0.1) is 17.5 Å². The van der Waals surface area contributed by atoms with E-state index in [9.17, 15) is 10.1 Å². The van der Waals surface area contributed by atoms with Gasteiger partial charge in [0.25, 0.3) is 5.69 Å². The maximum atomic E-state index is 10.6. The summed E-state index contributed by atoms with van der Waals surface area (Å²) in [5.41, 5.74) is 2.44. The van der Waals surface area contributed by atoms with Crippen LogP contribution in [0, 0.1) is 10.1 Å². The molecule has 0 unspecified atom stereocenters. The zero-order valence-corrected chi connectivity index (χ0v) is 10.7. The van der Waals surface area contributed by atoms with Gasteiger partial charge in [-0.1, -0.05) is 6.07 Å². The predicted octanol–water partition coefficient (Wildman–Crippen LogP) is 3.15. The lowest BCUT2D eigenvalue weighted by atomic mass is 10.2. The molecule has 0 atom stereocenters. The van der Waals surface area contributed by atoms with E-state index in [-0.39, 0.29) is 5.69 Å². The Labute approximate surface area is 114 Å². The van der Waals surface area contributed by atoms with Crippen molar-refractivity contribution in [2.24, 2.45) is 0 Å². The van der Waals surface area contributed by atoms with Gasteiger partial charge in [-0.25, -0.2) is 4.98 Å². The van der Waals surface area contributed by atoms with E-state index in [1.54, 1.807) is 19.2 Å². The number of fused-ring (bicyclic) bond motifs is 1. The maximum absolute atomic E-state index is 10.6. The van der Waals surface area contributed by atoms with Crippen LogP contribution in [-0.2, 0) is 0 Å². The topological polar surface area (TPSA) is 81.0 Å². The largest absolute Gasteiger partial charge is 0.494 e. The van der Waals surface area contributed by atoms with Crippen LogP contribution in [0.3, 0.4) is 0 Å². The van der Waals surface area contributed by atoms with E-state index in [1.807, 2.05) is 18.2 Å². The van der Waals surface area contributed by atoms with Crippen LogP contribution >= 0.6 is 0 Å². The highest BCUT2D eigenvalue weighted by Gasteiger charge is 2.10. The number of hydrogen-bond donors (Lipinski definition) is 1. The monoisotopic (exact) mass is 269 g/mol. The first kappa shape index (κ1) is 12.2. The lowest BCUT2D eigenvalue weighted by Crippen LogP contribution is -1.87. The van der Waals surface area contributed by atoms with Crippen molar-refractivity contribution in [1.82, 2.24) is 9.97 Å². The summed E-state index contributed by atoms with van der Waals surface area (Å²) >= 11 is 0. The summed E-state index contributed by atoms with van der Waals surface area (Å²) in [7, 11) is 1.59. The van der Waals surface area contributed by atoms with E-state index in [4.69, 9.17) is 4.74 Å². The smallest absolute Gasteiger partial charge is 0.269 e. The third-order valence-corrected chi connectivity index (χ3v) is 3.05. The standard InChI is InChI=1S/C14H11N3O3/c1-20-12-4-2-3-11-13(12)16-14(15-11)9-5-7-10(8-6-9)17(18)19/h2-8H,1H3,(H,15,16). The zero-order chi connectivity index (χ0) is 14.1. The molecule has 100 valence electrons. The van der Waals surface area contributed by atoms with Crippen molar-refractivity contribution < 1.29 is 9.66 Å². The number of para-hydroxylation sites is 1. The Kier molecular flexibility index (Phi) is 2.83. The van der Waals surface area contributed by atoms with Crippen molar-refractivity contribution in [3.05, 3.63) is 52.6 Å². The van der Waals surface area contributed by atoms with Crippen molar-refractivity contribution in [1.29, 1.82) is 0 Å². The normalized spacial score (nSPS) is 10.7. The van der Waals surface area contributed by atoms with E-state index in [0.29, 0.717) is 11.6 Å². The quantitative estimate of drug-likeness (QED) is 0.585. The molecule has 20 heavy (non-hydrogen) atoms. The lowest BCUT2D eigenvalue weighted by molar-refractivity contribution is -0.384. The molecule has 0 amide bonds. The summed E-state index contributed by atoms with van der Waals surface area (Å²) in [4.78, 5) is 17.9. The Morgan fingerprint density at radius 1 is 1.20 bits per heavy atom. The second kappa shape index (κ2) is 4.65. The number of nitro groups is 1. The third kappa shape index (κ3) is 1.97. The van der Waals surface area contributed by atoms with E-state index < -0.39 is 4.92 Å². The Morgan fingerprint density at radius 2 is 1.95 bits per heavy atom. The lowest BCUT2D eigenvalue weighted by Gasteiger charge is -1.98. The Bertz CT molecular complexity index is 778. The van der Waals surface area contributed by atoms with Crippen molar-refractivity contribution in [2.75, 3.05) is 7.11 Å². The summed E-state index contributed by atoms with van der Waals surface area (Å²) in [6, 6.07) is 11.9. The minimum atomic E-state index is -0.425. The molecule has 0 aliphatic heterocycles. The molecular weight excluding hydrogens is 258 g/mol. The molecule has 0 saturated carbocycles. The van der Waals surface area contributed by atoms with Gasteiger partial charge >= 0.3 is 0 Å². The van der Waals surface area contributed by atoms with Gasteiger partial charge in [-0.15, -0.1) is 0 Å². The molecule has 1 heterocycles. The highest BCUT2D eigenvalue weighted by molar-refractivity contribution is 5.84. The first-order chi connectivity index (χ1) is 9.69. The first-order valence-corrected chi connectivity index (χ1v) is 5.96. The minimum absolute atomic E-state index is 0.0578. The number of aromatic amines is 1. The van der Waals surface area contributed by atoms with Crippen LogP contribution < -0.4 is 4.74 Å². The van der Waals surface area contributed by atoms with E-state index in [2.05, 4.69) is 9.97 Å². The van der Waals surface area contributed by atoms with Gasteiger partial charge in [0, 0.05) is 17.7 Å². The maximum Gasteiger partial charge on any atom is 0.269 e. The number of ether oxygens (including phenoxy) is 1. The fourth-order valence-electron chi connectivity index (χ4n) is 2.05. The fraction of sp³-hybridized carbons (Fsp3) is 0.0714. The number of nitrogens with one attached hydrogen (secondary N) is 1. The van der Waals surface area contributed by atoms with Gasteiger partial charge in [0.1, 0.15) is 17.1 Å².